The molecule has 0 aliphatic carbocycles. The van der Waals surface area contributed by atoms with Gasteiger partial charge in [-0.25, -0.2) is 0 Å². The quantitative estimate of drug-likeness (QED) is 0.361. The maximum Gasteiger partial charge on any atom is 0.270 e. The highest BCUT2D eigenvalue weighted by Crippen LogP contribution is 2.26. The van der Waals surface area contributed by atoms with Gasteiger partial charge >= 0.3 is 0 Å². The third-order valence-corrected chi connectivity index (χ3v) is 4.91. The Hall–Kier alpha value is -1.08. The van der Waals surface area contributed by atoms with Crippen molar-refractivity contribution in [2.45, 2.75) is 32.4 Å². The highest BCUT2D eigenvalue weighted by Gasteiger charge is 2.22. The van der Waals surface area contributed by atoms with Crippen molar-refractivity contribution in [1.82, 2.24) is 14.1 Å². The van der Waals surface area contributed by atoms with Crippen molar-refractivity contribution in [3.8, 4) is 5.88 Å². The molecule has 11 heteroatoms. The fourth-order valence-corrected chi connectivity index (χ4v) is 3.25. The summed E-state index contributed by atoms with van der Waals surface area (Å²) in [6.07, 6.45) is -0.139. The van der Waals surface area contributed by atoms with E-state index in [2.05, 4.69) is 39.7 Å². The molecule has 1 aliphatic heterocycles. The van der Waals surface area contributed by atoms with Gasteiger partial charge in [0.25, 0.3) is 5.88 Å². The highest BCUT2D eigenvalue weighted by molar-refractivity contribution is 6.99. The predicted octanol–water partition coefficient (Wildman–Crippen LogP) is 1.21. The van der Waals surface area contributed by atoms with Gasteiger partial charge in [0.1, 0.15) is 12.7 Å². The van der Waals surface area contributed by atoms with Gasteiger partial charge in [-0.15, -0.1) is 4.37 Å². The molecule has 0 saturated carbocycles. The summed E-state index contributed by atoms with van der Waals surface area (Å²) in [6.45, 7) is 13.6. The molecule has 1 unspecified atom stereocenters. The van der Waals surface area contributed by atoms with E-state index in [0.29, 0.717) is 71.9 Å². The van der Waals surface area contributed by atoms with E-state index in [4.69, 9.17) is 28.4 Å². The van der Waals surface area contributed by atoms with E-state index in [-0.39, 0.29) is 11.6 Å². The van der Waals surface area contributed by atoms with Gasteiger partial charge < -0.3 is 38.6 Å². The second-order valence-electron chi connectivity index (χ2n) is 8.14. The summed E-state index contributed by atoms with van der Waals surface area (Å²) in [5.41, 5.74) is -0.0151. The lowest BCUT2D eigenvalue weighted by Gasteiger charge is -2.27. The molecule has 2 heterocycles. The Morgan fingerprint density at radius 3 is 2.39 bits per heavy atom. The number of methoxy groups -OCH3 is 1. The Morgan fingerprint density at radius 1 is 1.03 bits per heavy atom. The normalized spacial score (nSPS) is 15.9. The number of anilines is 1. The topological polar surface area (TPSA) is 96.4 Å². The Morgan fingerprint density at radius 2 is 1.71 bits per heavy atom. The molecule has 2 rings (SSSR count). The summed E-state index contributed by atoms with van der Waals surface area (Å²) < 4.78 is 42.0. The summed E-state index contributed by atoms with van der Waals surface area (Å²) in [4.78, 5) is 2.15. The van der Waals surface area contributed by atoms with Crippen LogP contribution in [0.15, 0.2) is 0 Å². The number of ether oxygens (including phenoxy) is 6. The Labute approximate surface area is 189 Å². The Balaban J connectivity index is 1.73. The first-order valence-electron chi connectivity index (χ1n) is 10.8. The number of aromatic nitrogens is 2. The minimum absolute atomic E-state index is 0.0151. The summed E-state index contributed by atoms with van der Waals surface area (Å²) in [5.74, 6) is 1.34. The zero-order valence-corrected chi connectivity index (χ0v) is 20.1. The molecule has 10 nitrogen and oxygen atoms in total. The molecule has 1 fully saturated rings. The molecule has 1 saturated heterocycles. The van der Waals surface area contributed by atoms with Crippen LogP contribution in [0.3, 0.4) is 0 Å². The number of hydrogen-bond donors (Lipinski definition) is 1. The second-order valence-corrected chi connectivity index (χ2v) is 8.67. The molecule has 0 aromatic carbocycles. The van der Waals surface area contributed by atoms with E-state index in [1.54, 1.807) is 7.11 Å². The average Bonchev–Trinajstić information content (AvgIpc) is 3.22. The van der Waals surface area contributed by atoms with Gasteiger partial charge in [-0.1, -0.05) is 0 Å². The van der Waals surface area contributed by atoms with E-state index in [1.807, 2.05) is 0 Å². The van der Waals surface area contributed by atoms with Crippen LogP contribution in [0.2, 0.25) is 0 Å². The summed E-state index contributed by atoms with van der Waals surface area (Å²) in [5, 5.41) is 3.47. The first kappa shape index (κ1) is 26.2. The molecule has 1 aromatic heterocycles. The van der Waals surface area contributed by atoms with Gasteiger partial charge in [-0.05, 0) is 20.8 Å². The molecule has 31 heavy (non-hydrogen) atoms. The van der Waals surface area contributed by atoms with Crippen LogP contribution in [0.1, 0.15) is 20.8 Å². The van der Waals surface area contributed by atoms with Crippen molar-refractivity contribution in [1.29, 1.82) is 0 Å². The van der Waals surface area contributed by atoms with E-state index in [9.17, 15) is 0 Å². The molecule has 1 aliphatic rings. The third-order valence-electron chi connectivity index (χ3n) is 4.40. The third kappa shape index (κ3) is 11.4. The molecule has 1 atom stereocenters. The van der Waals surface area contributed by atoms with Crippen molar-refractivity contribution >= 4 is 17.5 Å². The van der Waals surface area contributed by atoms with E-state index >= 15 is 0 Å². The van der Waals surface area contributed by atoms with Crippen LogP contribution in [-0.2, 0) is 23.7 Å². The van der Waals surface area contributed by atoms with Crippen LogP contribution < -0.4 is 15.0 Å². The first-order chi connectivity index (χ1) is 15.0. The maximum atomic E-state index is 6.01. The Bertz CT molecular complexity index is 580. The molecular formula is C20H38N4O6S. The van der Waals surface area contributed by atoms with E-state index in [0.717, 1.165) is 30.6 Å². The van der Waals surface area contributed by atoms with Crippen molar-refractivity contribution in [2.75, 3.05) is 91.1 Å². The van der Waals surface area contributed by atoms with Crippen LogP contribution >= 0.6 is 11.7 Å². The fourth-order valence-electron chi connectivity index (χ4n) is 2.73. The maximum absolute atomic E-state index is 6.01. The van der Waals surface area contributed by atoms with Gasteiger partial charge in [-0.2, -0.15) is 4.37 Å². The molecule has 1 N–H and O–H groups in total. The summed E-state index contributed by atoms with van der Waals surface area (Å²) >= 11 is 1.16. The van der Waals surface area contributed by atoms with Crippen LogP contribution in [0.25, 0.3) is 0 Å². The molecule has 0 amide bonds. The molecule has 0 radical (unpaired) electrons. The first-order valence-corrected chi connectivity index (χ1v) is 11.5. The largest absolute Gasteiger partial charge is 0.472 e. The van der Waals surface area contributed by atoms with Crippen molar-refractivity contribution < 1.29 is 28.4 Å². The van der Waals surface area contributed by atoms with Gasteiger partial charge in [0, 0.05) is 32.3 Å². The number of nitrogens with zero attached hydrogens (tertiary/aromatic N) is 3. The molecule has 180 valence electrons. The van der Waals surface area contributed by atoms with Crippen molar-refractivity contribution in [2.24, 2.45) is 0 Å². The lowest BCUT2D eigenvalue weighted by atomic mass is 10.1. The molecule has 1 aromatic rings. The second kappa shape index (κ2) is 14.9. The molecule has 0 spiro atoms. The van der Waals surface area contributed by atoms with Gasteiger partial charge in [0.05, 0.1) is 64.6 Å². The van der Waals surface area contributed by atoms with Crippen LogP contribution in [-0.4, -0.2) is 107 Å². The van der Waals surface area contributed by atoms with Crippen LogP contribution in [0, 0.1) is 0 Å². The molecular weight excluding hydrogens is 424 g/mol. The zero-order valence-electron chi connectivity index (χ0n) is 19.3. The lowest BCUT2D eigenvalue weighted by Crippen LogP contribution is -2.44. The monoisotopic (exact) mass is 462 g/mol. The number of nitrogens with one attached hydrogen (secondary N) is 1. The number of morpholine rings is 1. The zero-order chi connectivity index (χ0) is 22.4. The Kier molecular flexibility index (Phi) is 12.6. The van der Waals surface area contributed by atoms with Gasteiger partial charge in [-0.3, -0.25) is 0 Å². The smallest absolute Gasteiger partial charge is 0.270 e. The average molecular weight is 463 g/mol. The lowest BCUT2D eigenvalue weighted by molar-refractivity contribution is -0.0289. The minimum atomic E-state index is -0.139. The minimum Gasteiger partial charge on any atom is -0.472 e. The fraction of sp³-hybridized carbons (Fsp3) is 0.900. The predicted molar refractivity (Wildman–Crippen MR) is 119 cm³/mol. The van der Waals surface area contributed by atoms with Gasteiger partial charge in [0.2, 0.25) is 5.82 Å². The van der Waals surface area contributed by atoms with Crippen molar-refractivity contribution in [3.63, 3.8) is 0 Å². The highest BCUT2D eigenvalue weighted by atomic mass is 32.1. The number of rotatable bonds is 16. The summed E-state index contributed by atoms with van der Waals surface area (Å²) in [7, 11) is 1.65. The van der Waals surface area contributed by atoms with Crippen LogP contribution in [0.4, 0.5) is 5.82 Å². The standard InChI is InChI=1S/C20H38N4O6S/c1-20(2,3)21-15-17(29-14-13-28-12-11-27-10-9-25-4)16-30-19-18(22-31-23-19)24-5-7-26-8-6-24/h17,21H,5-16H2,1-4H3. The number of hydrogen-bond acceptors (Lipinski definition) is 11. The molecule has 0 bridgehead atoms. The SMILES string of the molecule is COCCOCCOCCOC(CNC(C)(C)C)COc1nsnc1N1CCOCC1. The van der Waals surface area contributed by atoms with Gasteiger partial charge in [0.15, 0.2) is 0 Å². The summed E-state index contributed by atoms with van der Waals surface area (Å²) in [6, 6.07) is 0. The van der Waals surface area contributed by atoms with Crippen molar-refractivity contribution in [3.05, 3.63) is 0 Å². The van der Waals surface area contributed by atoms with Crippen LogP contribution in [0.5, 0.6) is 5.88 Å². The van der Waals surface area contributed by atoms with E-state index in [1.165, 1.54) is 0 Å². The van der Waals surface area contributed by atoms with E-state index < -0.39 is 0 Å².